The van der Waals surface area contributed by atoms with E-state index in [4.69, 9.17) is 14.7 Å². The van der Waals surface area contributed by atoms with Crippen LogP contribution in [0.25, 0.3) is 39.3 Å². The maximum Gasteiger partial charge on any atom is 0.254 e. The van der Waals surface area contributed by atoms with Gasteiger partial charge >= 0.3 is 0 Å². The monoisotopic (exact) mass is 664 g/mol. The summed E-state index contributed by atoms with van der Waals surface area (Å²) in [7, 11) is 1.61. The van der Waals surface area contributed by atoms with E-state index in [1.54, 1.807) is 19.5 Å². The molecule has 0 bridgehead atoms. The van der Waals surface area contributed by atoms with Crippen LogP contribution in [0.3, 0.4) is 0 Å². The quantitative estimate of drug-likeness (QED) is 0.213. The lowest BCUT2D eigenvalue weighted by molar-refractivity contribution is 0.0753. The summed E-state index contributed by atoms with van der Waals surface area (Å²) in [5, 5.41) is 17.8. The van der Waals surface area contributed by atoms with E-state index >= 15 is 0 Å². The van der Waals surface area contributed by atoms with Gasteiger partial charge in [-0.15, -0.1) is 0 Å². The Bertz CT molecular complexity index is 2290. The van der Waals surface area contributed by atoms with Crippen molar-refractivity contribution in [2.45, 2.75) is 54.6 Å². The molecule has 11 nitrogen and oxygen atoms in total. The number of likely N-dealkylation sites (tertiary alicyclic amines) is 1. The Morgan fingerprint density at radius 1 is 1.10 bits per heavy atom. The maximum absolute atomic E-state index is 14.0. The number of carbonyl (C=O) groups is 1. The number of nitrogens with zero attached hydrogens (tertiary/aromatic N) is 8. The number of hydrogen-bond donors (Lipinski definition) is 2. The van der Waals surface area contributed by atoms with Crippen LogP contribution in [0.15, 0.2) is 61.2 Å². The Labute approximate surface area is 277 Å². The molecule has 6 aromatic rings. The summed E-state index contributed by atoms with van der Waals surface area (Å²) in [4.78, 5) is 29.9. The van der Waals surface area contributed by atoms with Crippen molar-refractivity contribution in [2.24, 2.45) is 5.92 Å². The number of rotatable bonds is 8. The lowest BCUT2D eigenvalue weighted by Crippen LogP contribution is -2.47. The second-order valence-corrected chi connectivity index (χ2v) is 16.5. The molecule has 4 unspecified atom stereocenters. The Balaban J connectivity index is 1.12. The van der Waals surface area contributed by atoms with E-state index in [0.717, 1.165) is 64.6 Å². The van der Waals surface area contributed by atoms with Crippen molar-refractivity contribution in [1.29, 1.82) is 0 Å². The molecule has 1 aliphatic carbocycles. The molecule has 4 aliphatic rings. The van der Waals surface area contributed by atoms with Gasteiger partial charge in [-0.05, 0) is 67.2 Å². The lowest BCUT2D eigenvalue weighted by atomic mass is 10.1. The van der Waals surface area contributed by atoms with E-state index in [2.05, 4.69) is 36.2 Å². The number of thiol groups is 1. The molecule has 1 N–H and O–H groups in total. The van der Waals surface area contributed by atoms with Gasteiger partial charge in [-0.3, -0.25) is 4.79 Å². The highest BCUT2D eigenvalue weighted by Crippen LogP contribution is 2.70. The summed E-state index contributed by atoms with van der Waals surface area (Å²) >= 11 is 0. The molecule has 13 heteroatoms. The lowest BCUT2D eigenvalue weighted by Gasteiger charge is -2.56. The molecule has 244 valence electrons. The van der Waals surface area contributed by atoms with E-state index in [-0.39, 0.29) is 28.4 Å². The summed E-state index contributed by atoms with van der Waals surface area (Å²) < 4.78 is 25.8. The van der Waals surface area contributed by atoms with Crippen LogP contribution >= 0.6 is 10.9 Å². The Morgan fingerprint density at radius 2 is 2.00 bits per heavy atom. The first-order valence-corrected chi connectivity index (χ1v) is 18.0. The minimum atomic E-state index is -0.574. The third kappa shape index (κ3) is 4.22. The van der Waals surface area contributed by atoms with Gasteiger partial charge in [-0.25, -0.2) is 34.9 Å². The largest absolute Gasteiger partial charge is 0.494 e. The fourth-order valence-corrected chi connectivity index (χ4v) is 11.7. The number of methoxy groups -OCH3 is 1. The molecule has 3 saturated heterocycles. The summed E-state index contributed by atoms with van der Waals surface area (Å²) in [6.45, 7) is 2.05. The standard InChI is InChI=1S/C35H33FN8O3S/c1-47-29-9-22(35(46)42-18-25-11-24-12-30(42)48(24)25)7-26-31(29)43(16-20-13-39-44(17-20)28-10-23(36)14-38-34(28)45)33(40-26)27-8-21-3-2-6-37-32(21)41(27)15-19-4-5-19/h2-3,6-10,13-14,17,19,24-25,30,48H,4-5,11-12,15-16,18H2,1H3,(H,38,45). The topological polar surface area (TPSA) is 116 Å². The van der Waals surface area contributed by atoms with Crippen LogP contribution in [0.1, 0.15) is 41.6 Å². The molecule has 0 spiro atoms. The van der Waals surface area contributed by atoms with Crippen LogP contribution in [0.2, 0.25) is 0 Å². The summed E-state index contributed by atoms with van der Waals surface area (Å²) in [6.07, 6.45) is 11.0. The average molecular weight is 665 g/mol. The summed E-state index contributed by atoms with van der Waals surface area (Å²) in [6, 6.07) is 11.1. The molecule has 0 radical (unpaired) electrons. The van der Waals surface area contributed by atoms with Gasteiger partial charge in [0.2, 0.25) is 5.88 Å². The van der Waals surface area contributed by atoms with Gasteiger partial charge in [0.25, 0.3) is 5.91 Å². The number of hydrogen-bond acceptors (Lipinski definition) is 7. The number of ether oxygens (including phenoxy) is 1. The molecule has 1 aromatic carbocycles. The van der Waals surface area contributed by atoms with Crippen LogP contribution in [0, 0.1) is 11.7 Å². The zero-order valence-corrected chi connectivity index (χ0v) is 27.1. The van der Waals surface area contributed by atoms with E-state index in [9.17, 15) is 14.3 Å². The predicted molar refractivity (Wildman–Crippen MR) is 180 cm³/mol. The zero-order valence-electron chi connectivity index (χ0n) is 26.2. The number of aromatic hydroxyl groups is 1. The molecule has 4 atom stereocenters. The fourth-order valence-electron chi connectivity index (χ4n) is 8.06. The smallest absolute Gasteiger partial charge is 0.254 e. The van der Waals surface area contributed by atoms with Crippen LogP contribution in [0.5, 0.6) is 11.6 Å². The number of imidazole rings is 1. The first-order chi connectivity index (χ1) is 23.4. The summed E-state index contributed by atoms with van der Waals surface area (Å²) in [5.74, 6) is 1.04. The maximum atomic E-state index is 14.0. The van der Waals surface area contributed by atoms with E-state index in [1.807, 2.05) is 24.4 Å². The Morgan fingerprint density at radius 3 is 2.81 bits per heavy atom. The third-order valence-electron chi connectivity index (χ3n) is 10.6. The Kier molecular flexibility index (Phi) is 6.03. The van der Waals surface area contributed by atoms with Crippen LogP contribution in [0.4, 0.5) is 4.39 Å². The fraction of sp³-hybridized carbons (Fsp3) is 0.343. The van der Waals surface area contributed by atoms with Gasteiger partial charge in [0.05, 0.1) is 42.6 Å². The second-order valence-electron chi connectivity index (χ2n) is 13.5. The van der Waals surface area contributed by atoms with E-state index < -0.39 is 5.82 Å². The molecular weight excluding hydrogens is 632 g/mol. The van der Waals surface area contributed by atoms with Gasteiger partial charge in [0, 0.05) is 53.3 Å². The zero-order chi connectivity index (χ0) is 32.3. The number of halogens is 1. The van der Waals surface area contributed by atoms with Crippen LogP contribution < -0.4 is 4.74 Å². The number of fused-ring (bicyclic) bond motifs is 2. The molecule has 5 aromatic heterocycles. The molecule has 1 saturated carbocycles. The van der Waals surface area contributed by atoms with Crippen molar-refractivity contribution >= 4 is 38.9 Å². The molecule has 4 fully saturated rings. The van der Waals surface area contributed by atoms with Gasteiger partial charge in [-0.1, -0.05) is 0 Å². The average Bonchev–Trinajstić information content (AvgIpc) is 3.48. The molecule has 3 aliphatic heterocycles. The number of carbonyl (C=O) groups excluding carboxylic acids is 1. The van der Waals surface area contributed by atoms with Crippen LogP contribution in [-0.4, -0.2) is 79.3 Å². The second kappa shape index (κ2) is 10.3. The van der Waals surface area contributed by atoms with Gasteiger partial charge < -0.3 is 23.9 Å². The number of aromatic nitrogens is 7. The van der Waals surface area contributed by atoms with E-state index in [0.29, 0.717) is 39.9 Å². The van der Waals surface area contributed by atoms with E-state index in [1.165, 1.54) is 30.0 Å². The van der Waals surface area contributed by atoms with Gasteiger partial charge in [-0.2, -0.15) is 5.10 Å². The van der Waals surface area contributed by atoms with Gasteiger partial charge in [0.1, 0.15) is 28.4 Å². The number of benzene rings is 1. The minimum Gasteiger partial charge on any atom is -0.494 e. The number of pyridine rings is 2. The van der Waals surface area contributed by atoms with Gasteiger partial charge in [0.15, 0.2) is 5.82 Å². The predicted octanol–water partition coefficient (Wildman–Crippen LogP) is 5.27. The van der Waals surface area contributed by atoms with Crippen molar-refractivity contribution in [1.82, 2.24) is 38.8 Å². The SMILES string of the molecule is COc1cc(C(=O)N2CC3CC4CC2[SH]43)cc2nc(-c3cc4cccnc4n3CC3CC3)n(Cc3cnn(-c4cc(F)cnc4O)c3)c12. The normalized spacial score (nSPS) is 23.3. The Hall–Kier alpha value is -4.91. The van der Waals surface area contributed by atoms with Crippen molar-refractivity contribution in [3.8, 4) is 28.8 Å². The highest BCUT2D eigenvalue weighted by atomic mass is 32.2. The molecule has 48 heavy (non-hydrogen) atoms. The first-order valence-electron chi connectivity index (χ1n) is 16.4. The molecular formula is C35H33FN8O3S. The van der Waals surface area contributed by atoms with Crippen molar-refractivity contribution in [2.75, 3.05) is 13.7 Å². The van der Waals surface area contributed by atoms with Crippen molar-refractivity contribution in [3.63, 3.8) is 0 Å². The minimum absolute atomic E-state index is 0.0156. The molecule has 10 rings (SSSR count). The highest BCUT2D eigenvalue weighted by molar-refractivity contribution is 8.21. The third-order valence-corrected chi connectivity index (χ3v) is 14.2. The number of amides is 1. The first kappa shape index (κ1) is 28.1. The van der Waals surface area contributed by atoms with Crippen molar-refractivity contribution in [3.05, 3.63) is 78.1 Å². The molecule has 1 amide bonds. The highest BCUT2D eigenvalue weighted by Gasteiger charge is 2.59. The van der Waals surface area contributed by atoms with Crippen LogP contribution in [-0.2, 0) is 13.1 Å². The molecule has 8 heterocycles. The van der Waals surface area contributed by atoms with Crippen molar-refractivity contribution < 1.29 is 19.0 Å². The summed E-state index contributed by atoms with van der Waals surface area (Å²) in [5.41, 5.74) is 4.80.